The summed E-state index contributed by atoms with van der Waals surface area (Å²) in [7, 11) is 0. The molecular formula is C9H12NO4S-. The molecule has 0 aliphatic carbocycles. The van der Waals surface area contributed by atoms with Crippen molar-refractivity contribution >= 4 is 17.0 Å². The minimum atomic E-state index is -2.63. The van der Waals surface area contributed by atoms with Crippen LogP contribution in [0.1, 0.15) is 13.3 Å². The predicted molar refractivity (Wildman–Crippen MR) is 56.2 cm³/mol. The maximum atomic E-state index is 10.4. The van der Waals surface area contributed by atoms with Crippen LogP contribution in [0.5, 0.6) is 11.5 Å². The van der Waals surface area contributed by atoms with Crippen LogP contribution in [-0.4, -0.2) is 15.4 Å². The molecule has 1 rings (SSSR count). The highest BCUT2D eigenvalue weighted by Gasteiger charge is 2.05. The molecule has 0 fully saturated rings. The first-order chi connectivity index (χ1) is 7.13. The van der Waals surface area contributed by atoms with Gasteiger partial charge in [-0.25, -0.2) is 4.21 Å². The van der Waals surface area contributed by atoms with Gasteiger partial charge in [-0.15, -0.1) is 0 Å². The second kappa shape index (κ2) is 5.57. The molecule has 0 amide bonds. The van der Waals surface area contributed by atoms with Crippen molar-refractivity contribution in [3.8, 4) is 11.5 Å². The van der Waals surface area contributed by atoms with Crippen LogP contribution >= 0.6 is 0 Å². The number of nitrogens with two attached hydrogens (primary N) is 1. The van der Waals surface area contributed by atoms with Crippen molar-refractivity contribution in [1.82, 2.24) is 0 Å². The van der Waals surface area contributed by atoms with E-state index in [1.807, 2.05) is 6.92 Å². The number of hydrogen-bond donors (Lipinski definition) is 1. The molecule has 0 aliphatic rings. The fourth-order valence-corrected chi connectivity index (χ4v) is 1.27. The van der Waals surface area contributed by atoms with Gasteiger partial charge in [0.2, 0.25) is 0 Å². The summed E-state index contributed by atoms with van der Waals surface area (Å²) in [6, 6.07) is 4.60. The highest BCUT2D eigenvalue weighted by atomic mass is 32.2. The summed E-state index contributed by atoms with van der Waals surface area (Å²) in [5.41, 5.74) is 5.91. The third kappa shape index (κ3) is 3.77. The van der Waals surface area contributed by atoms with Crippen LogP contribution in [0.4, 0.5) is 5.69 Å². The van der Waals surface area contributed by atoms with E-state index in [-0.39, 0.29) is 5.75 Å². The highest BCUT2D eigenvalue weighted by molar-refractivity contribution is 7.74. The second-order valence-electron chi connectivity index (χ2n) is 2.84. The smallest absolute Gasteiger partial charge is 0.183 e. The average Bonchev–Trinajstić information content (AvgIpc) is 2.16. The zero-order valence-electron chi connectivity index (χ0n) is 8.26. The summed E-state index contributed by atoms with van der Waals surface area (Å²) in [5.74, 6) is 0.479. The van der Waals surface area contributed by atoms with Gasteiger partial charge in [0.15, 0.2) is 11.5 Å². The Bertz CT molecular complexity index is 356. The van der Waals surface area contributed by atoms with E-state index >= 15 is 0 Å². The molecule has 1 aromatic rings. The molecule has 84 valence electrons. The molecule has 0 radical (unpaired) electrons. The SMILES string of the molecule is CCCOc1ccc(N)cc1OS(=O)[O-]. The number of benzene rings is 1. The number of hydrogen-bond acceptors (Lipinski definition) is 5. The Morgan fingerprint density at radius 2 is 2.20 bits per heavy atom. The fraction of sp³-hybridized carbons (Fsp3) is 0.333. The van der Waals surface area contributed by atoms with E-state index in [1.165, 1.54) is 6.07 Å². The first kappa shape index (κ1) is 11.8. The molecular weight excluding hydrogens is 218 g/mol. The van der Waals surface area contributed by atoms with Crippen molar-refractivity contribution in [2.75, 3.05) is 12.3 Å². The molecule has 1 unspecified atom stereocenters. The molecule has 15 heavy (non-hydrogen) atoms. The Morgan fingerprint density at radius 3 is 2.80 bits per heavy atom. The number of rotatable bonds is 5. The summed E-state index contributed by atoms with van der Waals surface area (Å²) < 4.78 is 30.6. The molecule has 0 heterocycles. The van der Waals surface area contributed by atoms with E-state index in [4.69, 9.17) is 10.5 Å². The van der Waals surface area contributed by atoms with Crippen molar-refractivity contribution in [3.63, 3.8) is 0 Å². The van der Waals surface area contributed by atoms with Gasteiger partial charge in [-0.3, -0.25) is 0 Å². The van der Waals surface area contributed by atoms with E-state index in [0.29, 0.717) is 18.0 Å². The van der Waals surface area contributed by atoms with Gasteiger partial charge in [-0.1, -0.05) is 6.92 Å². The number of anilines is 1. The Hall–Kier alpha value is -1.27. The lowest BCUT2D eigenvalue weighted by atomic mass is 10.3. The third-order valence-corrected chi connectivity index (χ3v) is 1.90. The van der Waals surface area contributed by atoms with Crippen LogP contribution in [0.25, 0.3) is 0 Å². The Balaban J connectivity index is 2.87. The van der Waals surface area contributed by atoms with Crippen molar-refractivity contribution in [3.05, 3.63) is 18.2 Å². The molecule has 0 aliphatic heterocycles. The molecule has 2 N–H and O–H groups in total. The second-order valence-corrected chi connectivity index (χ2v) is 3.42. The van der Waals surface area contributed by atoms with Crippen LogP contribution in [0, 0.1) is 0 Å². The summed E-state index contributed by atoms with van der Waals surface area (Å²) in [5, 5.41) is 0. The Morgan fingerprint density at radius 1 is 1.47 bits per heavy atom. The van der Waals surface area contributed by atoms with E-state index < -0.39 is 11.4 Å². The van der Waals surface area contributed by atoms with Crippen LogP contribution < -0.4 is 14.7 Å². The predicted octanol–water partition coefficient (Wildman–Crippen LogP) is 1.23. The zero-order valence-corrected chi connectivity index (χ0v) is 9.08. The van der Waals surface area contributed by atoms with E-state index in [2.05, 4.69) is 4.18 Å². The maximum absolute atomic E-state index is 10.4. The minimum Gasteiger partial charge on any atom is -0.740 e. The van der Waals surface area contributed by atoms with Crippen molar-refractivity contribution < 1.29 is 17.7 Å². The van der Waals surface area contributed by atoms with Crippen molar-refractivity contribution in [2.45, 2.75) is 13.3 Å². The first-order valence-electron chi connectivity index (χ1n) is 4.43. The minimum absolute atomic E-state index is 0.108. The summed E-state index contributed by atoms with van der Waals surface area (Å²) >= 11 is -2.63. The first-order valence-corrected chi connectivity index (χ1v) is 5.43. The standard InChI is InChI=1S/C9H13NO4S/c1-2-5-13-8-4-3-7(10)6-9(8)14-15(11)12/h3-4,6H,2,5,10H2,1H3,(H,11,12)/p-1. The molecule has 0 aromatic heterocycles. The Labute approximate surface area is 90.7 Å². The summed E-state index contributed by atoms with van der Waals surface area (Å²) in [6.45, 7) is 2.44. The molecule has 0 saturated carbocycles. The molecule has 6 heteroatoms. The van der Waals surface area contributed by atoms with Crippen LogP contribution in [0.15, 0.2) is 18.2 Å². The topological polar surface area (TPSA) is 84.6 Å². The van der Waals surface area contributed by atoms with Gasteiger partial charge in [0.25, 0.3) is 0 Å². The fourth-order valence-electron chi connectivity index (χ4n) is 0.994. The van der Waals surface area contributed by atoms with Crippen LogP contribution in [-0.2, 0) is 11.4 Å². The highest BCUT2D eigenvalue weighted by Crippen LogP contribution is 2.29. The van der Waals surface area contributed by atoms with E-state index in [1.54, 1.807) is 12.1 Å². The summed E-state index contributed by atoms with van der Waals surface area (Å²) in [4.78, 5) is 0. The van der Waals surface area contributed by atoms with E-state index in [9.17, 15) is 8.76 Å². The normalized spacial score (nSPS) is 12.1. The summed E-state index contributed by atoms with van der Waals surface area (Å²) in [6.07, 6.45) is 0.824. The van der Waals surface area contributed by atoms with Gasteiger partial charge in [0, 0.05) is 11.8 Å². The van der Waals surface area contributed by atoms with E-state index in [0.717, 1.165) is 6.42 Å². The van der Waals surface area contributed by atoms with Gasteiger partial charge < -0.3 is 19.2 Å². The van der Waals surface area contributed by atoms with Crippen molar-refractivity contribution in [2.24, 2.45) is 0 Å². The molecule has 1 aromatic carbocycles. The maximum Gasteiger partial charge on any atom is 0.183 e. The van der Waals surface area contributed by atoms with Gasteiger partial charge in [0.05, 0.1) is 6.61 Å². The lowest BCUT2D eigenvalue weighted by Gasteiger charge is -2.13. The van der Waals surface area contributed by atoms with Crippen LogP contribution in [0.3, 0.4) is 0 Å². The molecule has 5 nitrogen and oxygen atoms in total. The Kier molecular flexibility index (Phi) is 4.38. The average molecular weight is 230 g/mol. The largest absolute Gasteiger partial charge is 0.740 e. The van der Waals surface area contributed by atoms with Gasteiger partial charge in [0.1, 0.15) is 11.4 Å². The molecule has 0 saturated heterocycles. The van der Waals surface area contributed by atoms with Gasteiger partial charge in [-0.2, -0.15) is 0 Å². The molecule has 0 spiro atoms. The van der Waals surface area contributed by atoms with Gasteiger partial charge in [-0.05, 0) is 18.6 Å². The van der Waals surface area contributed by atoms with Gasteiger partial charge >= 0.3 is 0 Å². The number of ether oxygens (including phenoxy) is 1. The lowest BCUT2D eigenvalue weighted by Crippen LogP contribution is -2.03. The lowest BCUT2D eigenvalue weighted by molar-refractivity contribution is 0.306. The third-order valence-electron chi connectivity index (χ3n) is 1.59. The molecule has 1 atom stereocenters. The van der Waals surface area contributed by atoms with Crippen LogP contribution in [0.2, 0.25) is 0 Å². The van der Waals surface area contributed by atoms with Crippen molar-refractivity contribution in [1.29, 1.82) is 0 Å². The number of nitrogen functional groups attached to an aromatic ring is 1. The monoisotopic (exact) mass is 230 g/mol. The zero-order chi connectivity index (χ0) is 11.3. The quantitative estimate of drug-likeness (QED) is 0.607. The molecule has 0 bridgehead atoms.